The lowest BCUT2D eigenvalue weighted by molar-refractivity contribution is -0.141. The highest BCUT2D eigenvalue weighted by molar-refractivity contribution is 6.08. The summed E-state index contributed by atoms with van der Waals surface area (Å²) in [5.41, 5.74) is 2.63. The maximum atomic E-state index is 13.0. The molecule has 0 aromatic carbocycles. The number of aliphatic imine (C=N–C) groups is 1. The smallest absolute Gasteiger partial charge is 0.346 e. The van der Waals surface area contributed by atoms with Gasteiger partial charge in [-0.05, 0) is 83.3 Å². The van der Waals surface area contributed by atoms with E-state index in [4.69, 9.17) is 4.99 Å². The molecule has 3 rings (SSSR count). The van der Waals surface area contributed by atoms with E-state index in [2.05, 4.69) is 58.2 Å². The Morgan fingerprint density at radius 1 is 1.11 bits per heavy atom. The molecule has 0 amide bonds. The fourth-order valence-electron chi connectivity index (χ4n) is 4.44. The number of rotatable bonds is 9. The van der Waals surface area contributed by atoms with Crippen LogP contribution in [0, 0.1) is 6.92 Å². The molecule has 36 heavy (non-hydrogen) atoms. The van der Waals surface area contributed by atoms with Crippen molar-refractivity contribution in [2.45, 2.75) is 72.1 Å². The molecule has 1 aliphatic rings. The van der Waals surface area contributed by atoms with Gasteiger partial charge in [0.25, 0.3) is 0 Å². The molecule has 10 heteroatoms. The molecule has 0 spiro atoms. The topological polar surface area (TPSA) is 78.3 Å². The Kier molecular flexibility index (Phi) is 9.42. The van der Waals surface area contributed by atoms with Crippen molar-refractivity contribution in [2.75, 3.05) is 29.9 Å². The molecule has 2 N–H and O–H groups in total. The highest BCUT2D eigenvalue weighted by Gasteiger charge is 2.34. The van der Waals surface area contributed by atoms with Crippen LogP contribution in [0.3, 0.4) is 0 Å². The standard InChI is InChI=1S/C26H36F3N7/c1-6-30-11-7-8-12-32-24(35-21-9-10-23(34-16-21)26(27,28)29)22-15-17(2)36(20(5)18(22)3)25-19(4)31-13-14-33-25/h9-10,13-14,16-17,20,30H,6-8,11-12,15H2,1-5H3,(H,32,35). The summed E-state index contributed by atoms with van der Waals surface area (Å²) in [4.78, 5) is 19.7. The second-order valence-corrected chi connectivity index (χ2v) is 9.11. The molecule has 2 unspecified atom stereocenters. The summed E-state index contributed by atoms with van der Waals surface area (Å²) in [7, 11) is 0. The van der Waals surface area contributed by atoms with Crippen molar-refractivity contribution in [3.8, 4) is 0 Å². The molecule has 0 fully saturated rings. The Morgan fingerprint density at radius 3 is 2.50 bits per heavy atom. The van der Waals surface area contributed by atoms with Crippen LogP contribution in [0.5, 0.6) is 0 Å². The number of halogens is 3. The molecule has 2 atom stereocenters. The van der Waals surface area contributed by atoms with E-state index in [9.17, 15) is 13.2 Å². The van der Waals surface area contributed by atoms with Crippen LogP contribution in [0.15, 0.2) is 46.9 Å². The predicted octanol–water partition coefficient (Wildman–Crippen LogP) is 5.40. The number of alkyl halides is 3. The Bertz CT molecular complexity index is 1060. The van der Waals surface area contributed by atoms with E-state index in [0.717, 1.165) is 54.7 Å². The van der Waals surface area contributed by atoms with Gasteiger partial charge in [-0.2, -0.15) is 13.2 Å². The second kappa shape index (κ2) is 12.3. The lowest BCUT2D eigenvalue weighted by atomic mass is 9.89. The third kappa shape index (κ3) is 6.81. The first-order valence-electron chi connectivity index (χ1n) is 12.4. The van der Waals surface area contributed by atoms with Crippen molar-refractivity contribution < 1.29 is 13.2 Å². The second-order valence-electron chi connectivity index (χ2n) is 9.11. The molecule has 0 radical (unpaired) electrons. The summed E-state index contributed by atoms with van der Waals surface area (Å²) >= 11 is 0. The number of nitrogens with zero attached hydrogens (tertiary/aromatic N) is 5. The zero-order valence-electron chi connectivity index (χ0n) is 21.7. The van der Waals surface area contributed by atoms with Crippen LogP contribution in [0.1, 0.15) is 58.3 Å². The van der Waals surface area contributed by atoms with Gasteiger partial charge in [-0.1, -0.05) is 6.92 Å². The van der Waals surface area contributed by atoms with Crippen LogP contribution in [0.4, 0.5) is 24.7 Å². The molecule has 0 saturated heterocycles. The zero-order chi connectivity index (χ0) is 26.3. The van der Waals surface area contributed by atoms with Gasteiger partial charge in [0, 0.05) is 31.0 Å². The number of amidine groups is 1. The third-order valence-corrected chi connectivity index (χ3v) is 6.48. The number of nitrogens with one attached hydrogen (secondary N) is 2. The number of pyridine rings is 1. The molecule has 2 aromatic rings. The maximum Gasteiger partial charge on any atom is 0.433 e. The van der Waals surface area contributed by atoms with Crippen molar-refractivity contribution in [3.63, 3.8) is 0 Å². The summed E-state index contributed by atoms with van der Waals surface area (Å²) in [5, 5.41) is 6.58. The van der Waals surface area contributed by atoms with E-state index in [1.54, 1.807) is 12.4 Å². The molecule has 2 aromatic heterocycles. The van der Waals surface area contributed by atoms with Crippen LogP contribution in [0.2, 0.25) is 0 Å². The monoisotopic (exact) mass is 503 g/mol. The van der Waals surface area contributed by atoms with Crippen molar-refractivity contribution >= 4 is 17.3 Å². The van der Waals surface area contributed by atoms with Crippen LogP contribution >= 0.6 is 0 Å². The molecule has 3 heterocycles. The van der Waals surface area contributed by atoms with Gasteiger partial charge in [0.2, 0.25) is 0 Å². The zero-order valence-corrected chi connectivity index (χ0v) is 21.7. The van der Waals surface area contributed by atoms with Gasteiger partial charge < -0.3 is 15.5 Å². The van der Waals surface area contributed by atoms with Crippen LogP contribution in [-0.4, -0.2) is 52.5 Å². The van der Waals surface area contributed by atoms with E-state index in [1.165, 1.54) is 12.3 Å². The lowest BCUT2D eigenvalue weighted by Gasteiger charge is -2.42. The number of hydrogen-bond acceptors (Lipinski definition) is 6. The number of anilines is 2. The van der Waals surface area contributed by atoms with Gasteiger partial charge in [-0.15, -0.1) is 0 Å². The molecular weight excluding hydrogens is 467 g/mol. The first kappa shape index (κ1) is 27.6. The van der Waals surface area contributed by atoms with Crippen molar-refractivity contribution in [1.29, 1.82) is 0 Å². The molecule has 7 nitrogen and oxygen atoms in total. The highest BCUT2D eigenvalue weighted by Crippen LogP contribution is 2.34. The molecule has 0 bridgehead atoms. The quantitative estimate of drug-likeness (QED) is 0.271. The SMILES string of the molecule is CCNCCCCN=C(Nc1ccc(C(F)(F)F)nc1)C1=C(C)C(C)N(c2nccnc2C)C(C)C1. The summed E-state index contributed by atoms with van der Waals surface area (Å²) in [6.07, 6.45) is 2.75. The Balaban J connectivity index is 1.89. The molecular formula is C26H36F3N7. The van der Waals surface area contributed by atoms with E-state index in [1.807, 2.05) is 6.92 Å². The van der Waals surface area contributed by atoms with Crippen LogP contribution < -0.4 is 15.5 Å². The van der Waals surface area contributed by atoms with Gasteiger partial charge in [0.15, 0.2) is 5.82 Å². The first-order chi connectivity index (χ1) is 17.1. The maximum absolute atomic E-state index is 13.0. The Morgan fingerprint density at radius 2 is 1.86 bits per heavy atom. The summed E-state index contributed by atoms with van der Waals surface area (Å²) < 4.78 is 38.9. The van der Waals surface area contributed by atoms with Gasteiger partial charge in [-0.25, -0.2) is 9.97 Å². The van der Waals surface area contributed by atoms with E-state index < -0.39 is 11.9 Å². The first-order valence-corrected chi connectivity index (χ1v) is 12.4. The summed E-state index contributed by atoms with van der Waals surface area (Å²) in [6, 6.07) is 2.56. The van der Waals surface area contributed by atoms with E-state index in [0.29, 0.717) is 24.5 Å². The molecule has 196 valence electrons. The lowest BCUT2D eigenvalue weighted by Crippen LogP contribution is -2.47. The van der Waals surface area contributed by atoms with E-state index >= 15 is 0 Å². The van der Waals surface area contributed by atoms with Crippen LogP contribution in [-0.2, 0) is 6.18 Å². The highest BCUT2D eigenvalue weighted by atomic mass is 19.4. The molecule has 0 saturated carbocycles. The third-order valence-electron chi connectivity index (χ3n) is 6.48. The fourth-order valence-corrected chi connectivity index (χ4v) is 4.44. The minimum Gasteiger partial charge on any atom is -0.346 e. The minimum atomic E-state index is -4.47. The fraction of sp³-hybridized carbons (Fsp3) is 0.538. The van der Waals surface area contributed by atoms with Gasteiger partial charge >= 0.3 is 6.18 Å². The minimum absolute atomic E-state index is 0.0469. The van der Waals surface area contributed by atoms with Gasteiger partial charge in [0.05, 0.1) is 17.6 Å². The number of aryl methyl sites for hydroxylation is 1. The average Bonchev–Trinajstić information content (AvgIpc) is 2.84. The largest absolute Gasteiger partial charge is 0.433 e. The number of unbranched alkanes of at least 4 members (excludes halogenated alkanes) is 1. The summed E-state index contributed by atoms with van der Waals surface area (Å²) in [5.74, 6) is 1.55. The number of aromatic nitrogens is 3. The summed E-state index contributed by atoms with van der Waals surface area (Å²) in [6.45, 7) is 12.9. The van der Waals surface area contributed by atoms with Gasteiger partial charge in [0.1, 0.15) is 11.5 Å². The van der Waals surface area contributed by atoms with Gasteiger partial charge in [-0.3, -0.25) is 9.98 Å². The predicted molar refractivity (Wildman–Crippen MR) is 138 cm³/mol. The molecule has 0 aliphatic carbocycles. The van der Waals surface area contributed by atoms with Crippen molar-refractivity contribution in [1.82, 2.24) is 20.3 Å². The van der Waals surface area contributed by atoms with Crippen LogP contribution in [0.25, 0.3) is 0 Å². The van der Waals surface area contributed by atoms with Crippen molar-refractivity contribution in [3.05, 3.63) is 53.3 Å². The average molecular weight is 504 g/mol. The number of hydrogen-bond donors (Lipinski definition) is 2. The molecule has 1 aliphatic heterocycles. The van der Waals surface area contributed by atoms with E-state index in [-0.39, 0.29) is 12.1 Å². The Labute approximate surface area is 211 Å². The normalized spacial score (nSPS) is 19.1. The Hall–Kier alpha value is -3.01. The van der Waals surface area contributed by atoms with Crippen molar-refractivity contribution in [2.24, 2.45) is 4.99 Å².